The molecule has 0 aliphatic carbocycles. The van der Waals surface area contributed by atoms with Gasteiger partial charge in [-0.1, -0.05) is 36.4 Å². The number of hydrogen-bond acceptors (Lipinski definition) is 5. The van der Waals surface area contributed by atoms with Crippen LogP contribution in [-0.2, 0) is 21.4 Å². The monoisotopic (exact) mass is 454 g/mol. The van der Waals surface area contributed by atoms with Gasteiger partial charge in [0, 0.05) is 12.1 Å². The summed E-state index contributed by atoms with van der Waals surface area (Å²) < 4.78 is 38.5. The minimum atomic E-state index is -3.96. The molecule has 0 radical (unpaired) electrons. The SMILES string of the molecule is CCOc1ccc(N(CC(=O)NCc2ccccc2OC)S(=O)(=O)c2ccccc2)cc1. The first kappa shape index (κ1) is 23.1. The summed E-state index contributed by atoms with van der Waals surface area (Å²) in [4.78, 5) is 12.9. The average molecular weight is 455 g/mol. The van der Waals surface area contributed by atoms with Crippen molar-refractivity contribution >= 4 is 21.6 Å². The zero-order valence-electron chi connectivity index (χ0n) is 18.0. The summed E-state index contributed by atoms with van der Waals surface area (Å²) in [5, 5.41) is 2.78. The quantitative estimate of drug-likeness (QED) is 0.506. The number of amides is 1. The summed E-state index contributed by atoms with van der Waals surface area (Å²) in [6.07, 6.45) is 0. The average Bonchev–Trinajstić information content (AvgIpc) is 2.82. The Balaban J connectivity index is 1.84. The molecule has 32 heavy (non-hydrogen) atoms. The van der Waals surface area contributed by atoms with Crippen molar-refractivity contribution in [3.63, 3.8) is 0 Å². The highest BCUT2D eigenvalue weighted by Crippen LogP contribution is 2.26. The van der Waals surface area contributed by atoms with Crippen LogP contribution in [0.25, 0.3) is 0 Å². The van der Waals surface area contributed by atoms with Crippen molar-refractivity contribution in [2.75, 3.05) is 24.6 Å². The third-order valence-electron chi connectivity index (χ3n) is 4.72. The molecule has 0 bridgehead atoms. The Morgan fingerprint density at radius 3 is 2.25 bits per heavy atom. The molecule has 8 heteroatoms. The Kier molecular flexibility index (Phi) is 7.72. The third kappa shape index (κ3) is 5.59. The van der Waals surface area contributed by atoms with Crippen LogP contribution >= 0.6 is 0 Å². The number of benzene rings is 3. The smallest absolute Gasteiger partial charge is 0.264 e. The van der Waals surface area contributed by atoms with Gasteiger partial charge in [0.2, 0.25) is 5.91 Å². The second-order valence-corrected chi connectivity index (χ2v) is 8.70. The molecule has 3 aromatic rings. The number of anilines is 1. The number of hydrogen-bond donors (Lipinski definition) is 1. The molecule has 0 aliphatic heterocycles. The van der Waals surface area contributed by atoms with Crippen molar-refractivity contribution in [2.24, 2.45) is 0 Å². The van der Waals surface area contributed by atoms with Crippen molar-refractivity contribution in [3.8, 4) is 11.5 Å². The highest BCUT2D eigenvalue weighted by atomic mass is 32.2. The zero-order chi connectivity index (χ0) is 23.0. The first-order chi connectivity index (χ1) is 15.5. The Labute approximate surface area is 188 Å². The van der Waals surface area contributed by atoms with Crippen LogP contribution in [0.15, 0.2) is 83.8 Å². The van der Waals surface area contributed by atoms with Crippen LogP contribution in [0.4, 0.5) is 5.69 Å². The van der Waals surface area contributed by atoms with Crippen molar-refractivity contribution in [3.05, 3.63) is 84.4 Å². The van der Waals surface area contributed by atoms with Crippen LogP contribution in [0, 0.1) is 0 Å². The summed E-state index contributed by atoms with van der Waals surface area (Å²) in [6.45, 7) is 2.20. The lowest BCUT2D eigenvalue weighted by atomic mass is 10.2. The molecular weight excluding hydrogens is 428 g/mol. The van der Waals surface area contributed by atoms with E-state index in [1.807, 2.05) is 25.1 Å². The van der Waals surface area contributed by atoms with Gasteiger partial charge in [-0.2, -0.15) is 0 Å². The van der Waals surface area contributed by atoms with Gasteiger partial charge in [0.15, 0.2) is 0 Å². The van der Waals surface area contributed by atoms with Crippen LogP contribution in [0.3, 0.4) is 0 Å². The van der Waals surface area contributed by atoms with E-state index < -0.39 is 15.9 Å². The molecule has 7 nitrogen and oxygen atoms in total. The van der Waals surface area contributed by atoms with E-state index in [9.17, 15) is 13.2 Å². The number of methoxy groups -OCH3 is 1. The maximum Gasteiger partial charge on any atom is 0.264 e. The molecule has 168 valence electrons. The van der Waals surface area contributed by atoms with E-state index >= 15 is 0 Å². The molecule has 0 unspecified atom stereocenters. The summed E-state index contributed by atoms with van der Waals surface area (Å²) in [6, 6.07) is 22.0. The number of para-hydroxylation sites is 1. The van der Waals surface area contributed by atoms with Gasteiger partial charge < -0.3 is 14.8 Å². The number of ether oxygens (including phenoxy) is 2. The first-order valence-electron chi connectivity index (χ1n) is 10.1. The normalized spacial score (nSPS) is 10.9. The molecule has 1 amide bonds. The van der Waals surface area contributed by atoms with Crippen LogP contribution in [0.2, 0.25) is 0 Å². The maximum atomic E-state index is 13.3. The van der Waals surface area contributed by atoms with E-state index in [-0.39, 0.29) is 18.0 Å². The fourth-order valence-electron chi connectivity index (χ4n) is 3.14. The summed E-state index contributed by atoms with van der Waals surface area (Å²) >= 11 is 0. The van der Waals surface area contributed by atoms with Gasteiger partial charge in [-0.25, -0.2) is 8.42 Å². The topological polar surface area (TPSA) is 84.9 Å². The van der Waals surface area contributed by atoms with Crippen LogP contribution in [-0.4, -0.2) is 34.6 Å². The molecule has 0 aromatic heterocycles. The molecule has 0 atom stereocenters. The lowest BCUT2D eigenvalue weighted by molar-refractivity contribution is -0.119. The highest BCUT2D eigenvalue weighted by molar-refractivity contribution is 7.92. The fraction of sp³-hybridized carbons (Fsp3) is 0.208. The van der Waals surface area contributed by atoms with Gasteiger partial charge in [-0.15, -0.1) is 0 Å². The van der Waals surface area contributed by atoms with E-state index in [0.717, 1.165) is 9.87 Å². The van der Waals surface area contributed by atoms with Crippen LogP contribution < -0.4 is 19.1 Å². The molecule has 1 N–H and O–H groups in total. The number of nitrogens with zero attached hydrogens (tertiary/aromatic N) is 1. The van der Waals surface area contributed by atoms with Gasteiger partial charge in [-0.3, -0.25) is 9.10 Å². The van der Waals surface area contributed by atoms with Crippen molar-refractivity contribution in [1.82, 2.24) is 5.32 Å². The number of rotatable bonds is 10. The molecule has 0 saturated carbocycles. The zero-order valence-corrected chi connectivity index (χ0v) is 18.8. The number of carbonyl (C=O) groups is 1. The van der Waals surface area contributed by atoms with E-state index in [1.54, 1.807) is 55.6 Å². The first-order valence-corrected chi connectivity index (χ1v) is 11.6. The Bertz CT molecular complexity index is 1130. The third-order valence-corrected chi connectivity index (χ3v) is 6.51. The summed E-state index contributed by atoms with van der Waals surface area (Å²) in [5.74, 6) is 0.825. The maximum absolute atomic E-state index is 13.3. The molecule has 0 aliphatic rings. The van der Waals surface area contributed by atoms with Crippen molar-refractivity contribution in [1.29, 1.82) is 0 Å². The molecule has 0 fully saturated rings. The minimum Gasteiger partial charge on any atom is -0.496 e. The molecule has 3 rings (SSSR count). The van der Waals surface area contributed by atoms with Gasteiger partial charge in [0.05, 0.1) is 24.3 Å². The van der Waals surface area contributed by atoms with E-state index in [2.05, 4.69) is 5.32 Å². The second kappa shape index (κ2) is 10.7. The molecule has 0 saturated heterocycles. The number of carbonyl (C=O) groups excluding carboxylic acids is 1. The Hall–Kier alpha value is -3.52. The Morgan fingerprint density at radius 2 is 1.59 bits per heavy atom. The highest BCUT2D eigenvalue weighted by Gasteiger charge is 2.27. The molecule has 3 aromatic carbocycles. The number of nitrogens with one attached hydrogen (secondary N) is 1. The molecular formula is C24H26N2O5S. The van der Waals surface area contributed by atoms with Gasteiger partial charge in [-0.05, 0) is 49.4 Å². The predicted octanol–water partition coefficient (Wildman–Crippen LogP) is 3.61. The lowest BCUT2D eigenvalue weighted by Crippen LogP contribution is -2.40. The minimum absolute atomic E-state index is 0.103. The van der Waals surface area contributed by atoms with Crippen LogP contribution in [0.5, 0.6) is 11.5 Å². The second-order valence-electron chi connectivity index (χ2n) is 6.84. The summed E-state index contributed by atoms with van der Waals surface area (Å²) in [7, 11) is -2.41. The van der Waals surface area contributed by atoms with Crippen molar-refractivity contribution in [2.45, 2.75) is 18.4 Å². The fourth-order valence-corrected chi connectivity index (χ4v) is 4.58. The predicted molar refractivity (Wildman–Crippen MR) is 123 cm³/mol. The largest absolute Gasteiger partial charge is 0.496 e. The van der Waals surface area contributed by atoms with Gasteiger partial charge in [0.25, 0.3) is 10.0 Å². The lowest BCUT2D eigenvalue weighted by Gasteiger charge is -2.24. The standard InChI is InChI=1S/C24H26N2O5S/c1-3-31-21-15-13-20(14-16-21)26(32(28,29)22-10-5-4-6-11-22)18-24(27)25-17-19-9-7-8-12-23(19)30-2/h4-16H,3,17-18H2,1-2H3,(H,25,27). The summed E-state index contributed by atoms with van der Waals surface area (Å²) in [5.41, 5.74) is 1.16. The van der Waals surface area contributed by atoms with Gasteiger partial charge >= 0.3 is 0 Å². The van der Waals surface area contributed by atoms with E-state index in [0.29, 0.717) is 23.8 Å². The van der Waals surface area contributed by atoms with E-state index in [1.165, 1.54) is 12.1 Å². The molecule has 0 spiro atoms. The molecule has 0 heterocycles. The number of sulfonamides is 1. The van der Waals surface area contributed by atoms with Crippen molar-refractivity contribution < 1.29 is 22.7 Å². The Morgan fingerprint density at radius 1 is 0.938 bits per heavy atom. The van der Waals surface area contributed by atoms with Gasteiger partial charge in [0.1, 0.15) is 18.0 Å². The van der Waals surface area contributed by atoms with Crippen LogP contribution in [0.1, 0.15) is 12.5 Å². The van der Waals surface area contributed by atoms with E-state index in [4.69, 9.17) is 9.47 Å².